The number of fused-ring (bicyclic) bond motifs is 2. The highest BCUT2D eigenvalue weighted by molar-refractivity contribution is 5.89. The van der Waals surface area contributed by atoms with Crippen molar-refractivity contribution in [3.63, 3.8) is 0 Å². The maximum atomic E-state index is 13.7. The fourth-order valence-corrected chi connectivity index (χ4v) is 4.58. The Bertz CT molecular complexity index is 582. The number of rotatable bonds is 2. The van der Waals surface area contributed by atoms with Gasteiger partial charge in [0.15, 0.2) is 0 Å². The van der Waals surface area contributed by atoms with Crippen LogP contribution in [0.5, 0.6) is 0 Å². The second kappa shape index (κ2) is 5.34. The number of hydrogen-bond donors (Lipinski definition) is 0. The van der Waals surface area contributed by atoms with Gasteiger partial charge in [-0.3, -0.25) is 4.79 Å². The van der Waals surface area contributed by atoms with Crippen LogP contribution in [0.4, 0.5) is 4.39 Å². The molecule has 22 heavy (non-hydrogen) atoms. The van der Waals surface area contributed by atoms with Gasteiger partial charge in [-0.25, -0.2) is 4.39 Å². The maximum absolute atomic E-state index is 13.7. The Hall–Kier alpha value is -1.42. The molecule has 1 aromatic carbocycles. The average Bonchev–Trinajstić information content (AvgIpc) is 3.18. The van der Waals surface area contributed by atoms with Crippen molar-refractivity contribution in [1.29, 1.82) is 0 Å². The first kappa shape index (κ1) is 14.2. The van der Waals surface area contributed by atoms with E-state index in [-0.39, 0.29) is 11.7 Å². The molecule has 1 aliphatic carbocycles. The standard InChI is InChI=1S/C18H22FNO2/c19-15-3-1-2-14(11-15)18(6-8-22-9-7-18)17(21)20-12-13-4-5-16(20)10-13/h1-3,11,13,16H,4-10,12H2/t13-,16-/m1/s1. The van der Waals surface area contributed by atoms with E-state index in [1.807, 2.05) is 6.07 Å². The topological polar surface area (TPSA) is 29.5 Å². The smallest absolute Gasteiger partial charge is 0.233 e. The number of ether oxygens (including phenoxy) is 1. The molecule has 4 heteroatoms. The number of halogens is 1. The summed E-state index contributed by atoms with van der Waals surface area (Å²) < 4.78 is 19.2. The second-order valence-corrected chi connectivity index (χ2v) is 7.00. The molecule has 3 aliphatic rings. The highest BCUT2D eigenvalue weighted by Crippen LogP contribution is 2.43. The number of amides is 1. The molecular weight excluding hydrogens is 281 g/mol. The van der Waals surface area contributed by atoms with E-state index in [0.717, 1.165) is 24.9 Å². The summed E-state index contributed by atoms with van der Waals surface area (Å²) in [6.45, 7) is 2.04. The predicted molar refractivity (Wildman–Crippen MR) is 81.0 cm³/mol. The molecule has 3 nitrogen and oxygen atoms in total. The summed E-state index contributed by atoms with van der Waals surface area (Å²) in [5.41, 5.74) is 0.230. The Balaban J connectivity index is 1.70. The summed E-state index contributed by atoms with van der Waals surface area (Å²) in [6, 6.07) is 7.01. The molecule has 0 aromatic heterocycles. The van der Waals surface area contributed by atoms with Crippen molar-refractivity contribution in [2.24, 2.45) is 5.92 Å². The lowest BCUT2D eigenvalue weighted by Crippen LogP contribution is -2.52. The molecule has 0 spiro atoms. The van der Waals surface area contributed by atoms with Crippen LogP contribution < -0.4 is 0 Å². The molecule has 2 aliphatic heterocycles. The summed E-state index contributed by atoms with van der Waals surface area (Å²) in [4.78, 5) is 15.5. The normalized spacial score (nSPS) is 29.8. The third kappa shape index (κ3) is 2.16. The van der Waals surface area contributed by atoms with Crippen LogP contribution >= 0.6 is 0 Å². The Morgan fingerprint density at radius 2 is 2.09 bits per heavy atom. The number of piperidine rings is 1. The van der Waals surface area contributed by atoms with Crippen LogP contribution in [-0.2, 0) is 14.9 Å². The minimum absolute atomic E-state index is 0.202. The SMILES string of the molecule is O=C(N1C[C@@H]2CC[C@@H]1C2)C1(c2cccc(F)c2)CCOCC1. The zero-order chi connectivity index (χ0) is 15.2. The summed E-state index contributed by atoms with van der Waals surface area (Å²) >= 11 is 0. The van der Waals surface area contributed by atoms with E-state index < -0.39 is 5.41 Å². The van der Waals surface area contributed by atoms with Crippen LogP contribution in [-0.4, -0.2) is 36.6 Å². The van der Waals surface area contributed by atoms with Crippen LogP contribution in [0.2, 0.25) is 0 Å². The van der Waals surface area contributed by atoms with E-state index in [4.69, 9.17) is 4.74 Å². The number of carbonyl (C=O) groups excluding carboxylic acids is 1. The number of carbonyl (C=O) groups is 1. The van der Waals surface area contributed by atoms with Crippen LogP contribution in [0.25, 0.3) is 0 Å². The second-order valence-electron chi connectivity index (χ2n) is 7.00. The van der Waals surface area contributed by atoms with Crippen molar-refractivity contribution in [1.82, 2.24) is 4.90 Å². The average molecular weight is 303 g/mol. The molecule has 1 amide bonds. The minimum atomic E-state index is -0.592. The van der Waals surface area contributed by atoms with Gasteiger partial charge in [-0.15, -0.1) is 0 Å². The van der Waals surface area contributed by atoms with Crippen molar-refractivity contribution in [3.8, 4) is 0 Å². The maximum Gasteiger partial charge on any atom is 0.233 e. The first-order chi connectivity index (χ1) is 10.7. The van der Waals surface area contributed by atoms with E-state index in [9.17, 15) is 9.18 Å². The fraction of sp³-hybridized carbons (Fsp3) is 0.611. The van der Waals surface area contributed by atoms with Crippen LogP contribution in [0.15, 0.2) is 24.3 Å². The monoisotopic (exact) mass is 303 g/mol. The summed E-state index contributed by atoms with van der Waals surface area (Å²) in [7, 11) is 0. The first-order valence-corrected chi connectivity index (χ1v) is 8.34. The molecule has 3 fully saturated rings. The third-order valence-electron chi connectivity index (χ3n) is 5.80. The molecular formula is C18H22FNO2. The Morgan fingerprint density at radius 3 is 2.73 bits per heavy atom. The fourth-order valence-electron chi connectivity index (χ4n) is 4.58. The molecule has 4 rings (SSSR count). The first-order valence-electron chi connectivity index (χ1n) is 8.34. The lowest BCUT2D eigenvalue weighted by Gasteiger charge is -2.41. The molecule has 2 atom stereocenters. The van der Waals surface area contributed by atoms with Gasteiger partial charge in [-0.2, -0.15) is 0 Å². The van der Waals surface area contributed by atoms with Crippen molar-refractivity contribution in [2.45, 2.75) is 43.6 Å². The van der Waals surface area contributed by atoms with E-state index in [2.05, 4.69) is 4.90 Å². The van der Waals surface area contributed by atoms with Gasteiger partial charge in [0.2, 0.25) is 5.91 Å². The number of likely N-dealkylation sites (tertiary alicyclic amines) is 1. The summed E-state index contributed by atoms with van der Waals surface area (Å²) in [5.74, 6) is 0.617. The van der Waals surface area contributed by atoms with Gasteiger partial charge in [0.05, 0.1) is 5.41 Å². The lowest BCUT2D eigenvalue weighted by atomic mass is 9.72. The number of hydrogen-bond acceptors (Lipinski definition) is 2. The van der Waals surface area contributed by atoms with Crippen LogP contribution in [0.3, 0.4) is 0 Å². The van der Waals surface area contributed by atoms with Crippen LogP contribution in [0.1, 0.15) is 37.7 Å². The van der Waals surface area contributed by atoms with Gasteiger partial charge in [-0.05, 0) is 55.7 Å². The molecule has 0 radical (unpaired) electrons. The highest BCUT2D eigenvalue weighted by Gasteiger charge is 2.49. The van der Waals surface area contributed by atoms with Crippen molar-refractivity contribution in [3.05, 3.63) is 35.6 Å². The van der Waals surface area contributed by atoms with Gasteiger partial charge in [0.1, 0.15) is 5.82 Å². The Morgan fingerprint density at radius 1 is 1.27 bits per heavy atom. The van der Waals surface area contributed by atoms with Gasteiger partial charge in [0.25, 0.3) is 0 Å². The van der Waals surface area contributed by atoms with Gasteiger partial charge in [0, 0.05) is 25.8 Å². The quantitative estimate of drug-likeness (QED) is 0.841. The largest absolute Gasteiger partial charge is 0.381 e. The molecule has 2 bridgehead atoms. The third-order valence-corrected chi connectivity index (χ3v) is 5.80. The number of nitrogens with zero attached hydrogens (tertiary/aromatic N) is 1. The van der Waals surface area contributed by atoms with Crippen molar-refractivity contribution < 1.29 is 13.9 Å². The van der Waals surface area contributed by atoms with E-state index in [0.29, 0.717) is 38.0 Å². The molecule has 1 aromatic rings. The molecule has 0 unspecified atom stereocenters. The minimum Gasteiger partial charge on any atom is -0.381 e. The van der Waals surface area contributed by atoms with E-state index in [1.165, 1.54) is 18.6 Å². The van der Waals surface area contributed by atoms with Gasteiger partial charge in [-0.1, -0.05) is 12.1 Å². The van der Waals surface area contributed by atoms with Gasteiger partial charge >= 0.3 is 0 Å². The summed E-state index contributed by atoms with van der Waals surface area (Å²) in [6.07, 6.45) is 4.85. The molecule has 0 N–H and O–H groups in total. The molecule has 1 saturated carbocycles. The summed E-state index contributed by atoms with van der Waals surface area (Å²) in [5, 5.41) is 0. The van der Waals surface area contributed by atoms with Crippen molar-refractivity contribution in [2.75, 3.05) is 19.8 Å². The number of benzene rings is 1. The zero-order valence-electron chi connectivity index (χ0n) is 12.8. The Labute approximate surface area is 130 Å². The molecule has 2 saturated heterocycles. The van der Waals surface area contributed by atoms with Crippen LogP contribution in [0, 0.1) is 11.7 Å². The van der Waals surface area contributed by atoms with E-state index in [1.54, 1.807) is 6.07 Å². The molecule has 2 heterocycles. The Kier molecular flexibility index (Phi) is 3.44. The lowest BCUT2D eigenvalue weighted by molar-refractivity contribution is -0.143. The zero-order valence-corrected chi connectivity index (χ0v) is 12.8. The van der Waals surface area contributed by atoms with E-state index >= 15 is 0 Å². The highest BCUT2D eigenvalue weighted by atomic mass is 19.1. The van der Waals surface area contributed by atoms with Crippen molar-refractivity contribution >= 4 is 5.91 Å². The van der Waals surface area contributed by atoms with Gasteiger partial charge < -0.3 is 9.64 Å². The predicted octanol–water partition coefficient (Wildman–Crippen LogP) is 2.88. The molecule has 118 valence electrons.